The van der Waals surface area contributed by atoms with Gasteiger partial charge in [0.25, 0.3) is 0 Å². The predicted octanol–water partition coefficient (Wildman–Crippen LogP) is 2.41. The molecule has 20 heavy (non-hydrogen) atoms. The fourth-order valence-corrected chi connectivity index (χ4v) is 4.16. The van der Waals surface area contributed by atoms with Crippen LogP contribution in [0.15, 0.2) is 23.1 Å². The molecular weight excluding hydrogens is 279 g/mol. The predicted molar refractivity (Wildman–Crippen MR) is 72.8 cm³/mol. The topological polar surface area (TPSA) is 70.0 Å². The van der Waals surface area contributed by atoms with Crippen LogP contribution in [0.3, 0.4) is 0 Å². The van der Waals surface area contributed by atoms with Crippen LogP contribution in [0.5, 0.6) is 0 Å². The number of nitrogens with zero attached hydrogens (tertiary/aromatic N) is 1. The van der Waals surface area contributed by atoms with Crippen LogP contribution in [0, 0.1) is 29.0 Å². The van der Waals surface area contributed by atoms with E-state index < -0.39 is 21.4 Å². The molecular formula is C14H17FN2O2S. The lowest BCUT2D eigenvalue weighted by Gasteiger charge is -2.20. The first-order chi connectivity index (χ1) is 9.36. The van der Waals surface area contributed by atoms with Crippen LogP contribution < -0.4 is 4.72 Å². The van der Waals surface area contributed by atoms with Crippen molar-refractivity contribution < 1.29 is 12.8 Å². The zero-order chi connectivity index (χ0) is 14.9. The Morgan fingerprint density at radius 1 is 1.35 bits per heavy atom. The number of sulfonamides is 1. The van der Waals surface area contributed by atoms with Gasteiger partial charge in [-0.2, -0.15) is 5.26 Å². The second-order valence-corrected chi connectivity index (χ2v) is 7.05. The van der Waals surface area contributed by atoms with Crippen LogP contribution >= 0.6 is 0 Å². The molecule has 0 aliphatic heterocycles. The summed E-state index contributed by atoms with van der Waals surface area (Å²) in [6.45, 7) is 4.09. The summed E-state index contributed by atoms with van der Waals surface area (Å²) in [6.07, 6.45) is 1.72. The lowest BCUT2D eigenvalue weighted by atomic mass is 9.98. The molecule has 3 unspecified atom stereocenters. The number of hydrogen-bond acceptors (Lipinski definition) is 3. The van der Waals surface area contributed by atoms with Crippen molar-refractivity contribution in [2.75, 3.05) is 0 Å². The van der Waals surface area contributed by atoms with Crippen LogP contribution in [0.1, 0.15) is 32.3 Å². The van der Waals surface area contributed by atoms with Gasteiger partial charge in [-0.05, 0) is 36.8 Å². The zero-order valence-electron chi connectivity index (χ0n) is 11.4. The van der Waals surface area contributed by atoms with Gasteiger partial charge in [-0.15, -0.1) is 0 Å². The molecule has 0 aromatic heterocycles. The Hall–Kier alpha value is -1.45. The lowest BCUT2D eigenvalue weighted by Crippen LogP contribution is -2.37. The molecule has 108 valence electrons. The third kappa shape index (κ3) is 2.69. The Balaban J connectivity index is 2.33. The van der Waals surface area contributed by atoms with Crippen molar-refractivity contribution in [1.82, 2.24) is 4.72 Å². The van der Waals surface area contributed by atoms with Gasteiger partial charge in [0.15, 0.2) is 0 Å². The maximum atomic E-state index is 13.5. The largest absolute Gasteiger partial charge is 0.242 e. The van der Waals surface area contributed by atoms with E-state index in [2.05, 4.69) is 11.6 Å². The number of nitriles is 1. The molecule has 0 bridgehead atoms. The maximum absolute atomic E-state index is 13.5. The average molecular weight is 296 g/mol. The summed E-state index contributed by atoms with van der Waals surface area (Å²) >= 11 is 0. The summed E-state index contributed by atoms with van der Waals surface area (Å²) in [5.41, 5.74) is -0.432. The summed E-state index contributed by atoms with van der Waals surface area (Å²) in [5, 5.41) is 8.94. The molecule has 1 aromatic carbocycles. The van der Waals surface area contributed by atoms with Crippen LogP contribution in [-0.4, -0.2) is 14.5 Å². The molecule has 4 nitrogen and oxygen atoms in total. The third-order valence-corrected chi connectivity index (χ3v) is 5.68. The minimum Gasteiger partial charge on any atom is -0.208 e. The summed E-state index contributed by atoms with van der Waals surface area (Å²) < 4.78 is 40.8. The molecule has 0 radical (unpaired) electrons. The Labute approximate surface area is 118 Å². The van der Waals surface area contributed by atoms with Crippen molar-refractivity contribution in [3.05, 3.63) is 29.6 Å². The minimum atomic E-state index is -3.88. The van der Waals surface area contributed by atoms with Gasteiger partial charge in [-0.1, -0.05) is 19.9 Å². The van der Waals surface area contributed by atoms with Crippen LogP contribution in [0.25, 0.3) is 0 Å². The lowest BCUT2D eigenvalue weighted by molar-refractivity contribution is 0.402. The van der Waals surface area contributed by atoms with E-state index in [0.29, 0.717) is 5.92 Å². The summed E-state index contributed by atoms with van der Waals surface area (Å²) in [4.78, 5) is -0.285. The van der Waals surface area contributed by atoms with Crippen molar-refractivity contribution in [3.63, 3.8) is 0 Å². The highest BCUT2D eigenvalue weighted by atomic mass is 32.2. The molecule has 2 rings (SSSR count). The normalized spacial score (nSPS) is 26.4. The first kappa shape index (κ1) is 14.9. The van der Waals surface area contributed by atoms with Gasteiger partial charge < -0.3 is 0 Å². The quantitative estimate of drug-likeness (QED) is 0.931. The molecule has 0 saturated heterocycles. The SMILES string of the molecule is CC1CCC(NS(=O)(=O)c2cccc(F)c2C#N)C1C. The van der Waals surface area contributed by atoms with Gasteiger partial charge in [0.2, 0.25) is 10.0 Å². The molecule has 6 heteroatoms. The average Bonchev–Trinajstić information content (AvgIpc) is 2.70. The summed E-state index contributed by atoms with van der Waals surface area (Å²) in [6, 6.07) is 5.09. The van der Waals surface area contributed by atoms with Gasteiger partial charge in [0.1, 0.15) is 22.3 Å². The highest BCUT2D eigenvalue weighted by molar-refractivity contribution is 7.89. The van der Waals surface area contributed by atoms with E-state index in [1.807, 2.05) is 6.92 Å². The molecule has 0 heterocycles. The van der Waals surface area contributed by atoms with E-state index in [1.165, 1.54) is 12.1 Å². The van der Waals surface area contributed by atoms with Crippen molar-refractivity contribution in [2.24, 2.45) is 11.8 Å². The van der Waals surface area contributed by atoms with Gasteiger partial charge in [-0.25, -0.2) is 17.5 Å². The van der Waals surface area contributed by atoms with E-state index in [0.717, 1.165) is 18.9 Å². The second kappa shape index (κ2) is 5.51. The van der Waals surface area contributed by atoms with Crippen LogP contribution in [-0.2, 0) is 10.0 Å². The molecule has 0 spiro atoms. The highest BCUT2D eigenvalue weighted by Crippen LogP contribution is 2.32. The number of rotatable bonds is 3. The minimum absolute atomic E-state index is 0.162. The maximum Gasteiger partial charge on any atom is 0.242 e. The van der Waals surface area contributed by atoms with E-state index in [9.17, 15) is 12.8 Å². The van der Waals surface area contributed by atoms with Gasteiger partial charge >= 0.3 is 0 Å². The van der Waals surface area contributed by atoms with Crippen molar-refractivity contribution >= 4 is 10.0 Å². The Morgan fingerprint density at radius 3 is 2.60 bits per heavy atom. The molecule has 1 saturated carbocycles. The van der Waals surface area contributed by atoms with E-state index in [1.54, 1.807) is 6.07 Å². The molecule has 1 aromatic rings. The van der Waals surface area contributed by atoms with Gasteiger partial charge in [0, 0.05) is 6.04 Å². The molecule has 3 atom stereocenters. The van der Waals surface area contributed by atoms with Crippen molar-refractivity contribution in [3.8, 4) is 6.07 Å². The first-order valence-electron chi connectivity index (χ1n) is 6.57. The van der Waals surface area contributed by atoms with Crippen LogP contribution in [0.4, 0.5) is 4.39 Å². The number of halogens is 1. The number of benzene rings is 1. The van der Waals surface area contributed by atoms with E-state index >= 15 is 0 Å². The van der Waals surface area contributed by atoms with Gasteiger partial charge in [-0.3, -0.25) is 0 Å². The highest BCUT2D eigenvalue weighted by Gasteiger charge is 2.34. The first-order valence-corrected chi connectivity index (χ1v) is 8.06. The Bertz CT molecular complexity index is 652. The standard InChI is InChI=1S/C14H17FN2O2S/c1-9-6-7-13(10(9)2)17-20(18,19)14-5-3-4-12(15)11(14)8-16/h3-5,9-10,13,17H,6-7H2,1-2H3. The molecule has 1 N–H and O–H groups in total. The number of nitrogens with one attached hydrogen (secondary N) is 1. The third-order valence-electron chi connectivity index (χ3n) is 4.15. The second-order valence-electron chi connectivity index (χ2n) is 5.37. The van der Waals surface area contributed by atoms with Crippen molar-refractivity contribution in [1.29, 1.82) is 5.26 Å². The molecule has 0 amide bonds. The van der Waals surface area contributed by atoms with Crippen LogP contribution in [0.2, 0.25) is 0 Å². The number of hydrogen-bond donors (Lipinski definition) is 1. The van der Waals surface area contributed by atoms with Crippen molar-refractivity contribution in [2.45, 2.75) is 37.6 Å². The fourth-order valence-electron chi connectivity index (χ4n) is 2.63. The summed E-state index contributed by atoms with van der Waals surface area (Å²) in [7, 11) is -3.88. The Morgan fingerprint density at radius 2 is 2.05 bits per heavy atom. The zero-order valence-corrected chi connectivity index (χ0v) is 12.2. The molecule has 1 fully saturated rings. The van der Waals surface area contributed by atoms with E-state index in [4.69, 9.17) is 5.26 Å². The summed E-state index contributed by atoms with van der Waals surface area (Å²) in [5.74, 6) is -0.141. The van der Waals surface area contributed by atoms with Gasteiger partial charge in [0.05, 0.1) is 0 Å². The Kier molecular flexibility index (Phi) is 4.11. The monoisotopic (exact) mass is 296 g/mol. The fraction of sp³-hybridized carbons (Fsp3) is 0.500. The molecule has 1 aliphatic rings. The smallest absolute Gasteiger partial charge is 0.208 e. The molecule has 1 aliphatic carbocycles. The van der Waals surface area contributed by atoms with E-state index in [-0.39, 0.29) is 16.9 Å².